The maximum Gasteiger partial charge on any atom is 1.00 e. The van der Waals surface area contributed by atoms with Gasteiger partial charge in [0.2, 0.25) is 0 Å². The van der Waals surface area contributed by atoms with Crippen molar-refractivity contribution in [2.75, 3.05) is 0 Å². The van der Waals surface area contributed by atoms with E-state index in [1.54, 1.807) is 11.1 Å². The summed E-state index contributed by atoms with van der Waals surface area (Å²) in [6.07, 6.45) is 5.22. The van der Waals surface area contributed by atoms with Crippen LogP contribution in [0.3, 0.4) is 0 Å². The van der Waals surface area contributed by atoms with Gasteiger partial charge >= 0.3 is 29.6 Å². The molecule has 0 atom stereocenters. The van der Waals surface area contributed by atoms with E-state index in [4.69, 9.17) is 0 Å². The maximum atomic E-state index is 2.35. The third-order valence-electron chi connectivity index (χ3n) is 4.26. The predicted molar refractivity (Wildman–Crippen MR) is 80.0 cm³/mol. The fourth-order valence-corrected chi connectivity index (χ4v) is 3.34. The molecule has 2 heteroatoms. The summed E-state index contributed by atoms with van der Waals surface area (Å²) >= 11 is 0. The van der Waals surface area contributed by atoms with Crippen molar-refractivity contribution < 1.29 is 35.0 Å². The molecule has 0 amide bonds. The van der Waals surface area contributed by atoms with Crippen molar-refractivity contribution in [2.45, 2.75) is 25.7 Å². The van der Waals surface area contributed by atoms with Gasteiger partial charge in [-0.25, -0.2) is 0 Å². The normalized spacial score (nSPS) is 13.4. The number of benzene rings is 3. The summed E-state index contributed by atoms with van der Waals surface area (Å²) < 4.78 is 0. The molecule has 3 aromatic carbocycles. The van der Waals surface area contributed by atoms with Gasteiger partial charge in [0.15, 0.2) is 0 Å². The average molecular weight is 272 g/mol. The van der Waals surface area contributed by atoms with Gasteiger partial charge in [-0.15, -0.1) is 0 Å². The number of hydrogen-bond acceptors (Lipinski definition) is 1. The Balaban J connectivity index is 0.000000735. The van der Waals surface area contributed by atoms with Gasteiger partial charge in [-0.3, -0.25) is 0 Å². The Morgan fingerprint density at radius 3 is 2.30 bits per heavy atom. The summed E-state index contributed by atoms with van der Waals surface area (Å²) in [5.41, 5.74) is 3.17. The summed E-state index contributed by atoms with van der Waals surface area (Å²) in [4.78, 5) is 0. The van der Waals surface area contributed by atoms with Crippen LogP contribution in [0.5, 0.6) is 0 Å². The first-order valence-electron chi connectivity index (χ1n) is 6.86. The smallest absolute Gasteiger partial charge is 0.870 e. The zero-order valence-corrected chi connectivity index (χ0v) is 13.9. The molecule has 1 N–H and O–H groups in total. The molecule has 20 heavy (non-hydrogen) atoms. The van der Waals surface area contributed by atoms with E-state index in [0.29, 0.717) is 0 Å². The minimum absolute atomic E-state index is 0. The van der Waals surface area contributed by atoms with Crippen LogP contribution in [0.1, 0.15) is 24.0 Å². The molecule has 3 aromatic rings. The zero-order chi connectivity index (χ0) is 11.9. The minimum atomic E-state index is 0. The monoisotopic (exact) mass is 272 g/mol. The minimum Gasteiger partial charge on any atom is -0.870 e. The van der Waals surface area contributed by atoms with E-state index in [1.165, 1.54) is 47.2 Å². The average Bonchev–Trinajstić information content (AvgIpc) is 2.46. The van der Waals surface area contributed by atoms with Gasteiger partial charge in [-0.2, -0.15) is 0 Å². The molecule has 0 radical (unpaired) electrons. The van der Waals surface area contributed by atoms with E-state index in [9.17, 15) is 0 Å². The maximum absolute atomic E-state index is 2.35. The van der Waals surface area contributed by atoms with Crippen molar-refractivity contribution >= 4 is 21.5 Å². The molecule has 1 aliphatic rings. The molecule has 0 saturated carbocycles. The molecule has 0 aliphatic heterocycles. The van der Waals surface area contributed by atoms with E-state index in [2.05, 4.69) is 48.5 Å². The van der Waals surface area contributed by atoms with Crippen LogP contribution in [-0.2, 0) is 12.8 Å². The van der Waals surface area contributed by atoms with E-state index in [1.807, 2.05) is 0 Å². The van der Waals surface area contributed by atoms with E-state index in [-0.39, 0.29) is 35.0 Å². The van der Waals surface area contributed by atoms with E-state index in [0.717, 1.165) is 0 Å². The molecule has 0 fully saturated rings. The Hall–Kier alpha value is -0.860. The van der Waals surface area contributed by atoms with E-state index >= 15 is 0 Å². The van der Waals surface area contributed by atoms with Gasteiger partial charge in [0.25, 0.3) is 0 Å². The van der Waals surface area contributed by atoms with Crippen molar-refractivity contribution in [3.63, 3.8) is 0 Å². The predicted octanol–water partition coefficient (Wildman–Crippen LogP) is 1.70. The molecule has 0 aromatic heterocycles. The topological polar surface area (TPSA) is 30.0 Å². The van der Waals surface area contributed by atoms with Crippen LogP contribution in [0, 0.1) is 0 Å². The quantitative estimate of drug-likeness (QED) is 0.452. The Labute approximate surface area is 141 Å². The first-order chi connectivity index (χ1) is 8.93. The first kappa shape index (κ1) is 15.5. The SMILES string of the molecule is [Na+].[OH-].c1ccc2c(c1)ccc1c3c(ccc12)CCCC3. The summed E-state index contributed by atoms with van der Waals surface area (Å²) in [5, 5.41) is 5.64. The standard InChI is InChI=1S/C18H16.Na.H2O/c1-3-7-15-13(5-1)9-11-18-16-8-4-2-6-14(16)10-12-17(15)18;;/h1,3,5,7,9-12H,2,4,6,8H2;;1H2/q;+1;/p-1. The Morgan fingerprint density at radius 1 is 0.650 bits per heavy atom. The zero-order valence-electron chi connectivity index (χ0n) is 11.9. The summed E-state index contributed by atoms with van der Waals surface area (Å²) in [6.45, 7) is 0. The summed E-state index contributed by atoms with van der Waals surface area (Å²) in [7, 11) is 0. The van der Waals surface area contributed by atoms with Gasteiger partial charge < -0.3 is 5.48 Å². The second kappa shape index (κ2) is 6.28. The molecule has 0 spiro atoms. The molecule has 0 bridgehead atoms. The van der Waals surface area contributed by atoms with Gasteiger partial charge in [0.05, 0.1) is 0 Å². The number of hydrogen-bond donors (Lipinski definition) is 0. The second-order valence-corrected chi connectivity index (χ2v) is 5.29. The van der Waals surface area contributed by atoms with Gasteiger partial charge in [-0.1, -0.05) is 48.5 Å². The fourth-order valence-electron chi connectivity index (χ4n) is 3.34. The molecule has 1 nitrogen and oxygen atoms in total. The number of rotatable bonds is 0. The summed E-state index contributed by atoms with van der Waals surface area (Å²) in [6, 6.07) is 18.0. The van der Waals surface area contributed by atoms with Gasteiger partial charge in [0.1, 0.15) is 0 Å². The van der Waals surface area contributed by atoms with Crippen molar-refractivity contribution in [3.05, 3.63) is 59.7 Å². The van der Waals surface area contributed by atoms with E-state index < -0.39 is 0 Å². The third-order valence-corrected chi connectivity index (χ3v) is 4.26. The summed E-state index contributed by atoms with van der Waals surface area (Å²) in [5.74, 6) is 0. The van der Waals surface area contributed by atoms with Crippen LogP contribution >= 0.6 is 0 Å². The second-order valence-electron chi connectivity index (χ2n) is 5.29. The fraction of sp³-hybridized carbons (Fsp3) is 0.222. The molecule has 0 saturated heterocycles. The van der Waals surface area contributed by atoms with Gasteiger partial charge in [-0.05, 0) is 58.4 Å². The molecular formula is C18H17NaO. The van der Waals surface area contributed by atoms with Crippen molar-refractivity contribution in [1.82, 2.24) is 0 Å². The van der Waals surface area contributed by atoms with Crippen LogP contribution in [0.15, 0.2) is 48.5 Å². The molecule has 1 aliphatic carbocycles. The largest absolute Gasteiger partial charge is 1.00 e. The number of fused-ring (bicyclic) bond motifs is 5. The molecule has 0 unspecified atom stereocenters. The Kier molecular flexibility index (Phi) is 4.87. The van der Waals surface area contributed by atoms with Gasteiger partial charge in [0, 0.05) is 0 Å². The Bertz CT molecular complexity index is 749. The van der Waals surface area contributed by atoms with Crippen LogP contribution in [0.25, 0.3) is 21.5 Å². The van der Waals surface area contributed by atoms with Crippen molar-refractivity contribution in [3.8, 4) is 0 Å². The van der Waals surface area contributed by atoms with Crippen LogP contribution in [0.4, 0.5) is 0 Å². The number of aryl methyl sites for hydroxylation is 2. The first-order valence-corrected chi connectivity index (χ1v) is 6.86. The van der Waals surface area contributed by atoms with Crippen molar-refractivity contribution in [2.24, 2.45) is 0 Å². The van der Waals surface area contributed by atoms with Crippen LogP contribution in [0.2, 0.25) is 0 Å². The molecular weight excluding hydrogens is 255 g/mol. The third kappa shape index (κ3) is 2.40. The molecule has 0 heterocycles. The van der Waals surface area contributed by atoms with Crippen molar-refractivity contribution in [1.29, 1.82) is 0 Å². The molecule has 96 valence electrons. The Morgan fingerprint density at radius 2 is 1.40 bits per heavy atom. The van der Waals surface area contributed by atoms with Crippen LogP contribution in [-0.4, -0.2) is 5.48 Å². The van der Waals surface area contributed by atoms with Crippen LogP contribution < -0.4 is 29.6 Å². The molecule has 4 rings (SSSR count).